The minimum absolute atomic E-state index is 0.0808. The summed E-state index contributed by atoms with van der Waals surface area (Å²) in [5.41, 5.74) is 4.82. The molecular weight excluding hydrogens is 412 g/mol. The first-order valence-corrected chi connectivity index (χ1v) is 11.4. The number of anilines is 1. The molecule has 0 atom stereocenters. The number of nitrogens with zero attached hydrogens (tertiary/aromatic N) is 2. The van der Waals surface area contributed by atoms with Crippen LogP contribution in [0.15, 0.2) is 66.7 Å². The molecule has 0 bridgehead atoms. The van der Waals surface area contributed by atoms with Crippen LogP contribution in [0.5, 0.6) is 11.5 Å². The van der Waals surface area contributed by atoms with Crippen molar-refractivity contribution in [2.24, 2.45) is 0 Å². The van der Waals surface area contributed by atoms with Gasteiger partial charge in [0.15, 0.2) is 11.5 Å². The molecule has 0 aliphatic heterocycles. The average Bonchev–Trinajstić information content (AvgIpc) is 2.86. The monoisotopic (exact) mass is 446 g/mol. The lowest BCUT2D eigenvalue weighted by molar-refractivity contribution is 0.0993. The maximum atomic E-state index is 13.1. The first-order chi connectivity index (χ1) is 16.0. The van der Waals surface area contributed by atoms with Gasteiger partial charge in [0, 0.05) is 30.9 Å². The van der Waals surface area contributed by atoms with Crippen LogP contribution < -0.4 is 14.4 Å². The highest BCUT2D eigenvalue weighted by atomic mass is 16.5. The van der Waals surface area contributed by atoms with Gasteiger partial charge in [-0.05, 0) is 55.4 Å². The largest absolute Gasteiger partial charge is 0.493 e. The van der Waals surface area contributed by atoms with E-state index in [1.54, 1.807) is 19.1 Å². The maximum absolute atomic E-state index is 13.1. The van der Waals surface area contributed by atoms with Gasteiger partial charge in [0.2, 0.25) is 0 Å². The third-order valence-electron chi connectivity index (χ3n) is 5.92. The number of aryl methyl sites for hydroxylation is 1. The first kappa shape index (κ1) is 24.3. The number of carbonyl (C=O) groups excluding carboxylic acids is 1. The molecule has 174 valence electrons. The standard InChI is InChI=1S/C28H34N2O3/c1-6-30(7-2)18-19-33-26-17-16-25(20-27(26)32-5)29(4)28(31)24-14-12-23(13-15-24)22-10-8-21(3)9-11-22/h8-17,20H,6-7,18-19H2,1-5H3. The number of hydrogen-bond donors (Lipinski definition) is 0. The fourth-order valence-electron chi connectivity index (χ4n) is 3.67. The predicted molar refractivity (Wildman–Crippen MR) is 136 cm³/mol. The van der Waals surface area contributed by atoms with Crippen LogP contribution in [-0.2, 0) is 0 Å². The van der Waals surface area contributed by atoms with Gasteiger partial charge in [-0.15, -0.1) is 0 Å². The lowest BCUT2D eigenvalue weighted by atomic mass is 10.0. The summed E-state index contributed by atoms with van der Waals surface area (Å²) in [5, 5.41) is 0. The zero-order valence-electron chi connectivity index (χ0n) is 20.3. The smallest absolute Gasteiger partial charge is 0.258 e. The van der Waals surface area contributed by atoms with Crippen molar-refractivity contribution in [1.82, 2.24) is 4.90 Å². The van der Waals surface area contributed by atoms with Crippen molar-refractivity contribution in [1.29, 1.82) is 0 Å². The molecule has 1 amide bonds. The van der Waals surface area contributed by atoms with E-state index in [1.807, 2.05) is 42.5 Å². The van der Waals surface area contributed by atoms with Gasteiger partial charge in [-0.1, -0.05) is 55.8 Å². The fraction of sp³-hybridized carbons (Fsp3) is 0.321. The van der Waals surface area contributed by atoms with Crippen LogP contribution in [0.1, 0.15) is 29.8 Å². The molecule has 0 radical (unpaired) electrons. The number of ether oxygens (including phenoxy) is 2. The Balaban J connectivity index is 1.69. The van der Waals surface area contributed by atoms with Gasteiger partial charge in [0.1, 0.15) is 6.61 Å². The van der Waals surface area contributed by atoms with Gasteiger partial charge >= 0.3 is 0 Å². The lowest BCUT2D eigenvalue weighted by Crippen LogP contribution is -2.28. The Morgan fingerprint density at radius 1 is 0.848 bits per heavy atom. The van der Waals surface area contributed by atoms with Crippen molar-refractivity contribution in [2.75, 3.05) is 45.3 Å². The number of hydrogen-bond acceptors (Lipinski definition) is 4. The maximum Gasteiger partial charge on any atom is 0.258 e. The van der Waals surface area contributed by atoms with Crippen LogP contribution in [0.2, 0.25) is 0 Å². The number of benzene rings is 3. The summed E-state index contributed by atoms with van der Waals surface area (Å²) in [6.45, 7) is 9.78. The second-order valence-electron chi connectivity index (χ2n) is 8.02. The first-order valence-electron chi connectivity index (χ1n) is 11.4. The van der Waals surface area contributed by atoms with E-state index >= 15 is 0 Å². The second-order valence-corrected chi connectivity index (χ2v) is 8.02. The van der Waals surface area contributed by atoms with Crippen LogP contribution in [0.25, 0.3) is 11.1 Å². The van der Waals surface area contributed by atoms with Gasteiger partial charge in [-0.2, -0.15) is 0 Å². The third-order valence-corrected chi connectivity index (χ3v) is 5.92. The van der Waals surface area contributed by atoms with E-state index < -0.39 is 0 Å². The quantitative estimate of drug-likeness (QED) is 0.403. The third kappa shape index (κ3) is 6.14. The molecule has 0 unspecified atom stereocenters. The van der Waals surface area contributed by atoms with Crippen molar-refractivity contribution in [3.63, 3.8) is 0 Å². The van der Waals surface area contributed by atoms with E-state index in [0.29, 0.717) is 23.7 Å². The van der Waals surface area contributed by atoms with E-state index in [9.17, 15) is 4.79 Å². The number of likely N-dealkylation sites (N-methyl/N-ethyl adjacent to an activating group) is 1. The molecule has 33 heavy (non-hydrogen) atoms. The number of amides is 1. The summed E-state index contributed by atoms with van der Waals surface area (Å²) in [6.07, 6.45) is 0. The number of rotatable bonds is 10. The zero-order valence-corrected chi connectivity index (χ0v) is 20.3. The van der Waals surface area contributed by atoms with Crippen molar-refractivity contribution < 1.29 is 14.3 Å². The van der Waals surface area contributed by atoms with Crippen molar-refractivity contribution in [3.8, 4) is 22.6 Å². The van der Waals surface area contributed by atoms with Gasteiger partial charge in [0.05, 0.1) is 7.11 Å². The van der Waals surface area contributed by atoms with Crippen LogP contribution in [0, 0.1) is 6.92 Å². The van der Waals surface area contributed by atoms with Crippen LogP contribution in [-0.4, -0.2) is 51.2 Å². The minimum Gasteiger partial charge on any atom is -0.493 e. The molecule has 0 fully saturated rings. The molecule has 0 saturated carbocycles. The molecule has 0 aromatic heterocycles. The summed E-state index contributed by atoms with van der Waals surface area (Å²) in [5.74, 6) is 1.21. The molecule has 3 aromatic carbocycles. The predicted octanol–water partition coefficient (Wildman–Crippen LogP) is 5.67. The Hall–Kier alpha value is -3.31. The molecule has 0 aliphatic carbocycles. The van der Waals surface area contributed by atoms with Gasteiger partial charge in [0.25, 0.3) is 5.91 Å². The fourth-order valence-corrected chi connectivity index (χ4v) is 3.67. The summed E-state index contributed by atoms with van der Waals surface area (Å²) in [6, 6.07) is 21.7. The minimum atomic E-state index is -0.0808. The van der Waals surface area contributed by atoms with E-state index in [1.165, 1.54) is 5.56 Å². The molecule has 0 aliphatic rings. The van der Waals surface area contributed by atoms with Crippen LogP contribution >= 0.6 is 0 Å². The highest BCUT2D eigenvalue weighted by Gasteiger charge is 2.16. The van der Waals surface area contributed by atoms with Gasteiger partial charge < -0.3 is 19.3 Å². The Labute approximate surface area is 197 Å². The summed E-state index contributed by atoms with van der Waals surface area (Å²) < 4.78 is 11.5. The molecule has 0 heterocycles. The lowest BCUT2D eigenvalue weighted by Gasteiger charge is -2.21. The molecule has 5 nitrogen and oxygen atoms in total. The number of carbonyl (C=O) groups is 1. The Bertz CT molecular complexity index is 1040. The SMILES string of the molecule is CCN(CC)CCOc1ccc(N(C)C(=O)c2ccc(-c3ccc(C)cc3)cc2)cc1OC. The van der Waals surface area contributed by atoms with E-state index in [4.69, 9.17) is 9.47 Å². The summed E-state index contributed by atoms with van der Waals surface area (Å²) in [4.78, 5) is 17.0. The number of methoxy groups -OCH3 is 1. The van der Waals surface area contributed by atoms with E-state index in [0.717, 1.165) is 36.4 Å². The van der Waals surface area contributed by atoms with Crippen molar-refractivity contribution in [3.05, 3.63) is 77.9 Å². The molecule has 0 saturated heterocycles. The molecule has 0 spiro atoms. The average molecular weight is 447 g/mol. The molecule has 3 aromatic rings. The van der Waals surface area contributed by atoms with E-state index in [2.05, 4.69) is 49.9 Å². The van der Waals surface area contributed by atoms with Crippen molar-refractivity contribution in [2.45, 2.75) is 20.8 Å². The highest BCUT2D eigenvalue weighted by molar-refractivity contribution is 6.06. The summed E-state index contributed by atoms with van der Waals surface area (Å²) in [7, 11) is 3.38. The molecule has 5 heteroatoms. The van der Waals surface area contributed by atoms with Gasteiger partial charge in [-0.25, -0.2) is 0 Å². The van der Waals surface area contributed by atoms with Crippen LogP contribution in [0.4, 0.5) is 5.69 Å². The normalized spacial score (nSPS) is 10.8. The Kier molecular flexibility index (Phi) is 8.50. The zero-order chi connectivity index (χ0) is 23.8. The summed E-state index contributed by atoms with van der Waals surface area (Å²) >= 11 is 0. The molecule has 0 N–H and O–H groups in total. The Morgan fingerprint density at radius 3 is 2.03 bits per heavy atom. The molecular formula is C28H34N2O3. The topological polar surface area (TPSA) is 42.0 Å². The van der Waals surface area contributed by atoms with Crippen molar-refractivity contribution >= 4 is 11.6 Å². The second kappa shape index (κ2) is 11.5. The highest BCUT2D eigenvalue weighted by Crippen LogP contribution is 2.32. The molecule has 3 rings (SSSR count). The Morgan fingerprint density at radius 2 is 1.45 bits per heavy atom. The van der Waals surface area contributed by atoms with Crippen LogP contribution in [0.3, 0.4) is 0 Å². The van der Waals surface area contributed by atoms with Gasteiger partial charge in [-0.3, -0.25) is 4.79 Å². The van der Waals surface area contributed by atoms with E-state index in [-0.39, 0.29) is 5.91 Å².